The Morgan fingerprint density at radius 1 is 1.23 bits per heavy atom. The first-order chi connectivity index (χ1) is 10.6. The van der Waals surface area contributed by atoms with Gasteiger partial charge in [-0.05, 0) is 37.5 Å². The van der Waals surface area contributed by atoms with Crippen LogP contribution in [0.2, 0.25) is 0 Å². The Balaban J connectivity index is 1.91. The molecule has 1 aliphatic rings. The summed E-state index contributed by atoms with van der Waals surface area (Å²) in [5.74, 6) is 1.33. The number of amides is 1. The predicted octanol–water partition coefficient (Wildman–Crippen LogP) is 2.57. The lowest BCUT2D eigenvalue weighted by Gasteiger charge is -2.31. The number of aromatic nitrogens is 3. The highest BCUT2D eigenvalue weighted by Gasteiger charge is 2.25. The van der Waals surface area contributed by atoms with E-state index in [0.29, 0.717) is 5.92 Å². The summed E-state index contributed by atoms with van der Waals surface area (Å²) >= 11 is 0. The number of rotatable bonds is 2. The van der Waals surface area contributed by atoms with Gasteiger partial charge in [0, 0.05) is 50.1 Å². The molecule has 0 spiro atoms. The summed E-state index contributed by atoms with van der Waals surface area (Å²) in [5.41, 5.74) is 3.27. The van der Waals surface area contributed by atoms with Gasteiger partial charge in [-0.2, -0.15) is 0 Å². The lowest BCUT2D eigenvalue weighted by Crippen LogP contribution is -2.36. The molecule has 1 saturated heterocycles. The van der Waals surface area contributed by atoms with Gasteiger partial charge in [0.2, 0.25) is 5.91 Å². The average Bonchev–Trinajstić information content (AvgIpc) is 2.55. The SMILES string of the molecule is CC(=O)N1CCC(c2nc(C)ncc2-c2ccncc2)CC1. The van der Waals surface area contributed by atoms with Crippen LogP contribution in [-0.4, -0.2) is 38.8 Å². The number of aryl methyl sites for hydroxylation is 1. The second kappa shape index (κ2) is 6.22. The fraction of sp³-hybridized carbons (Fsp3) is 0.412. The zero-order valence-electron chi connectivity index (χ0n) is 13.0. The number of pyridine rings is 1. The van der Waals surface area contributed by atoms with Gasteiger partial charge in [-0.3, -0.25) is 9.78 Å². The minimum Gasteiger partial charge on any atom is -0.343 e. The quantitative estimate of drug-likeness (QED) is 0.854. The lowest BCUT2D eigenvalue weighted by atomic mass is 9.89. The maximum absolute atomic E-state index is 11.5. The minimum atomic E-state index is 0.159. The molecule has 5 nitrogen and oxygen atoms in total. The molecule has 0 N–H and O–H groups in total. The minimum absolute atomic E-state index is 0.159. The van der Waals surface area contributed by atoms with Crippen molar-refractivity contribution in [2.24, 2.45) is 0 Å². The molecule has 3 heterocycles. The van der Waals surface area contributed by atoms with Crippen LogP contribution < -0.4 is 0 Å². The van der Waals surface area contributed by atoms with E-state index < -0.39 is 0 Å². The van der Waals surface area contributed by atoms with Crippen molar-refractivity contribution in [2.45, 2.75) is 32.6 Å². The zero-order chi connectivity index (χ0) is 15.5. The molecule has 0 aromatic carbocycles. The van der Waals surface area contributed by atoms with Crippen LogP contribution in [0.5, 0.6) is 0 Å². The third-order valence-corrected chi connectivity index (χ3v) is 4.26. The lowest BCUT2D eigenvalue weighted by molar-refractivity contribution is -0.129. The molecule has 0 bridgehead atoms. The molecule has 2 aromatic rings. The molecule has 0 atom stereocenters. The van der Waals surface area contributed by atoms with E-state index in [1.807, 2.05) is 30.2 Å². The van der Waals surface area contributed by atoms with Crippen molar-refractivity contribution < 1.29 is 4.79 Å². The third-order valence-electron chi connectivity index (χ3n) is 4.26. The van der Waals surface area contributed by atoms with Gasteiger partial charge in [0.25, 0.3) is 0 Å². The van der Waals surface area contributed by atoms with Gasteiger partial charge in [-0.25, -0.2) is 9.97 Å². The second-order valence-corrected chi connectivity index (χ2v) is 5.73. The molecule has 114 valence electrons. The Bertz CT molecular complexity index is 664. The van der Waals surface area contributed by atoms with E-state index in [2.05, 4.69) is 9.97 Å². The fourth-order valence-corrected chi connectivity index (χ4v) is 3.02. The van der Waals surface area contributed by atoms with Gasteiger partial charge in [0.05, 0.1) is 5.69 Å². The number of nitrogens with zero attached hydrogens (tertiary/aromatic N) is 4. The van der Waals surface area contributed by atoms with Crippen molar-refractivity contribution >= 4 is 5.91 Å². The van der Waals surface area contributed by atoms with Crippen LogP contribution in [0.15, 0.2) is 30.7 Å². The Hall–Kier alpha value is -2.30. The van der Waals surface area contributed by atoms with Crippen molar-refractivity contribution in [2.75, 3.05) is 13.1 Å². The van der Waals surface area contributed by atoms with Gasteiger partial charge < -0.3 is 4.90 Å². The molecule has 1 fully saturated rings. The zero-order valence-corrected chi connectivity index (χ0v) is 13.0. The predicted molar refractivity (Wildman–Crippen MR) is 84.2 cm³/mol. The number of carbonyl (C=O) groups is 1. The van der Waals surface area contributed by atoms with Crippen molar-refractivity contribution in [3.8, 4) is 11.1 Å². The van der Waals surface area contributed by atoms with Gasteiger partial charge in [-0.1, -0.05) is 0 Å². The number of hydrogen-bond acceptors (Lipinski definition) is 4. The summed E-state index contributed by atoms with van der Waals surface area (Å²) in [5, 5.41) is 0. The van der Waals surface area contributed by atoms with E-state index in [-0.39, 0.29) is 5.91 Å². The molecule has 1 amide bonds. The van der Waals surface area contributed by atoms with Crippen LogP contribution in [0.25, 0.3) is 11.1 Å². The molecular weight excluding hydrogens is 276 g/mol. The van der Waals surface area contributed by atoms with E-state index in [1.165, 1.54) is 0 Å². The van der Waals surface area contributed by atoms with Crippen molar-refractivity contribution in [3.63, 3.8) is 0 Å². The highest BCUT2D eigenvalue weighted by molar-refractivity contribution is 5.73. The van der Waals surface area contributed by atoms with E-state index >= 15 is 0 Å². The van der Waals surface area contributed by atoms with Crippen LogP contribution in [0, 0.1) is 6.92 Å². The smallest absolute Gasteiger partial charge is 0.219 e. The first-order valence-electron chi connectivity index (χ1n) is 7.64. The van der Waals surface area contributed by atoms with Gasteiger partial charge in [0.1, 0.15) is 5.82 Å². The van der Waals surface area contributed by atoms with Gasteiger partial charge in [-0.15, -0.1) is 0 Å². The molecule has 3 rings (SSSR count). The van der Waals surface area contributed by atoms with Crippen LogP contribution in [0.3, 0.4) is 0 Å². The normalized spacial score (nSPS) is 15.8. The first kappa shape index (κ1) is 14.6. The molecule has 0 radical (unpaired) electrons. The van der Waals surface area contributed by atoms with Gasteiger partial charge >= 0.3 is 0 Å². The summed E-state index contributed by atoms with van der Waals surface area (Å²) in [6.07, 6.45) is 7.39. The van der Waals surface area contributed by atoms with Crippen LogP contribution in [0.1, 0.15) is 37.2 Å². The van der Waals surface area contributed by atoms with Crippen LogP contribution >= 0.6 is 0 Å². The molecule has 1 aliphatic heterocycles. The summed E-state index contributed by atoms with van der Waals surface area (Å²) in [7, 11) is 0. The van der Waals surface area contributed by atoms with Crippen LogP contribution in [0.4, 0.5) is 0 Å². The van der Waals surface area contributed by atoms with Crippen molar-refractivity contribution in [3.05, 3.63) is 42.2 Å². The fourth-order valence-electron chi connectivity index (χ4n) is 3.02. The number of carbonyl (C=O) groups excluding carboxylic acids is 1. The monoisotopic (exact) mass is 296 g/mol. The highest BCUT2D eigenvalue weighted by atomic mass is 16.2. The Morgan fingerprint density at radius 2 is 1.91 bits per heavy atom. The molecule has 5 heteroatoms. The number of piperidine rings is 1. The molecular formula is C17H20N4O. The van der Waals surface area contributed by atoms with Crippen molar-refractivity contribution in [1.29, 1.82) is 0 Å². The Kier molecular flexibility index (Phi) is 4.13. The summed E-state index contributed by atoms with van der Waals surface area (Å²) in [6.45, 7) is 5.17. The molecule has 2 aromatic heterocycles. The van der Waals surface area contributed by atoms with E-state index in [4.69, 9.17) is 4.98 Å². The Labute approximate surface area is 130 Å². The van der Waals surface area contributed by atoms with E-state index in [0.717, 1.165) is 48.6 Å². The average molecular weight is 296 g/mol. The number of hydrogen-bond donors (Lipinski definition) is 0. The largest absolute Gasteiger partial charge is 0.343 e. The molecule has 0 saturated carbocycles. The number of likely N-dealkylation sites (tertiary alicyclic amines) is 1. The molecule has 0 aliphatic carbocycles. The van der Waals surface area contributed by atoms with Gasteiger partial charge in [0.15, 0.2) is 0 Å². The highest BCUT2D eigenvalue weighted by Crippen LogP contribution is 2.33. The second-order valence-electron chi connectivity index (χ2n) is 5.73. The summed E-state index contributed by atoms with van der Waals surface area (Å²) < 4.78 is 0. The van der Waals surface area contributed by atoms with Crippen molar-refractivity contribution in [1.82, 2.24) is 19.9 Å². The maximum atomic E-state index is 11.5. The summed E-state index contributed by atoms with van der Waals surface area (Å²) in [4.78, 5) is 26.5. The standard InChI is InChI=1S/C17H20N4O/c1-12-19-11-16(14-3-7-18-8-4-14)17(20-12)15-5-9-21(10-6-15)13(2)22/h3-4,7-8,11,15H,5-6,9-10H2,1-2H3. The maximum Gasteiger partial charge on any atom is 0.219 e. The van der Waals surface area contributed by atoms with Crippen LogP contribution in [-0.2, 0) is 4.79 Å². The third kappa shape index (κ3) is 2.98. The Morgan fingerprint density at radius 3 is 2.55 bits per heavy atom. The summed E-state index contributed by atoms with van der Waals surface area (Å²) in [6, 6.07) is 3.98. The topological polar surface area (TPSA) is 59.0 Å². The molecule has 0 unspecified atom stereocenters. The first-order valence-corrected chi connectivity index (χ1v) is 7.64. The van der Waals surface area contributed by atoms with E-state index in [9.17, 15) is 4.79 Å². The molecule has 22 heavy (non-hydrogen) atoms. The van der Waals surface area contributed by atoms with E-state index in [1.54, 1.807) is 19.3 Å².